The van der Waals surface area contributed by atoms with Crippen LogP contribution in [0.15, 0.2) is 30.3 Å². The van der Waals surface area contributed by atoms with Gasteiger partial charge in [0.05, 0.1) is 11.3 Å². The molecule has 1 amide bonds. The third kappa shape index (κ3) is 3.38. The van der Waals surface area contributed by atoms with E-state index in [1.165, 1.54) is 12.1 Å². The Hall–Kier alpha value is -2.40. The lowest BCUT2D eigenvalue weighted by Gasteiger charge is -2.09. The number of rotatable bonds is 3. The molecule has 2 aromatic rings. The predicted octanol–water partition coefficient (Wildman–Crippen LogP) is 3.30. The minimum absolute atomic E-state index is 0.0745. The molecule has 0 spiro atoms. The number of carboxylic acid groups (broad SMARTS) is 1. The monoisotopic (exact) mass is 304 g/mol. The van der Waals surface area contributed by atoms with Crippen LogP contribution in [0, 0.1) is 13.8 Å². The van der Waals surface area contributed by atoms with Crippen molar-refractivity contribution in [3.05, 3.63) is 57.9 Å². The van der Waals surface area contributed by atoms with E-state index in [1.54, 1.807) is 25.1 Å². The first-order valence-corrected chi connectivity index (χ1v) is 6.54. The van der Waals surface area contributed by atoms with E-state index in [9.17, 15) is 9.59 Å². The van der Waals surface area contributed by atoms with Crippen molar-refractivity contribution < 1.29 is 14.7 Å². The normalized spacial score (nSPS) is 10.2. The topological polar surface area (TPSA) is 79.3 Å². The Morgan fingerprint density at radius 2 is 1.90 bits per heavy atom. The first-order chi connectivity index (χ1) is 9.88. The third-order valence-corrected chi connectivity index (χ3v) is 3.23. The number of hydrogen-bond acceptors (Lipinski definition) is 3. The smallest absolute Gasteiger partial charge is 0.337 e. The van der Waals surface area contributed by atoms with Crippen molar-refractivity contribution in [1.29, 1.82) is 0 Å². The van der Waals surface area contributed by atoms with Gasteiger partial charge in [-0.25, -0.2) is 9.78 Å². The zero-order valence-corrected chi connectivity index (χ0v) is 12.2. The molecule has 2 rings (SSSR count). The van der Waals surface area contributed by atoms with Crippen LogP contribution in [0.25, 0.3) is 0 Å². The minimum atomic E-state index is -1.07. The van der Waals surface area contributed by atoms with E-state index in [0.717, 1.165) is 5.56 Å². The Labute approximate surface area is 126 Å². The number of nitrogens with zero attached hydrogens (tertiary/aromatic N) is 1. The number of carbonyl (C=O) groups excluding carboxylic acids is 1. The number of amides is 1. The second-order valence-corrected chi connectivity index (χ2v) is 4.98. The number of aromatic carboxylic acids is 1. The van der Waals surface area contributed by atoms with Crippen LogP contribution in [-0.2, 0) is 0 Å². The SMILES string of the molecule is Cc1ccc(Cl)cc1NC(=O)c1ccc(C(=O)O)c(C)n1. The van der Waals surface area contributed by atoms with Gasteiger partial charge >= 0.3 is 5.97 Å². The summed E-state index contributed by atoms with van der Waals surface area (Å²) in [5.74, 6) is -1.49. The fourth-order valence-electron chi connectivity index (χ4n) is 1.83. The van der Waals surface area contributed by atoms with E-state index in [-0.39, 0.29) is 17.0 Å². The zero-order valence-electron chi connectivity index (χ0n) is 11.5. The summed E-state index contributed by atoms with van der Waals surface area (Å²) in [6.07, 6.45) is 0. The van der Waals surface area contributed by atoms with E-state index < -0.39 is 11.9 Å². The number of benzene rings is 1. The molecule has 0 bridgehead atoms. The number of halogens is 1. The molecule has 0 aliphatic carbocycles. The zero-order chi connectivity index (χ0) is 15.6. The molecule has 1 aromatic carbocycles. The van der Waals surface area contributed by atoms with Gasteiger partial charge in [0, 0.05) is 10.7 Å². The van der Waals surface area contributed by atoms with Gasteiger partial charge < -0.3 is 10.4 Å². The number of carboxylic acids is 1. The Balaban J connectivity index is 2.26. The molecule has 21 heavy (non-hydrogen) atoms. The maximum atomic E-state index is 12.1. The fraction of sp³-hybridized carbons (Fsp3) is 0.133. The summed E-state index contributed by atoms with van der Waals surface area (Å²) in [4.78, 5) is 27.1. The van der Waals surface area contributed by atoms with E-state index in [2.05, 4.69) is 10.3 Å². The number of anilines is 1. The highest BCUT2D eigenvalue weighted by atomic mass is 35.5. The van der Waals surface area contributed by atoms with Gasteiger partial charge in [-0.15, -0.1) is 0 Å². The van der Waals surface area contributed by atoms with E-state index >= 15 is 0 Å². The van der Waals surface area contributed by atoms with Gasteiger partial charge in [-0.05, 0) is 43.7 Å². The first kappa shape index (κ1) is 15.0. The molecule has 1 aromatic heterocycles. The van der Waals surface area contributed by atoms with Gasteiger partial charge in [-0.3, -0.25) is 4.79 Å². The van der Waals surface area contributed by atoms with Crippen molar-refractivity contribution in [3.63, 3.8) is 0 Å². The summed E-state index contributed by atoms with van der Waals surface area (Å²) in [5, 5.41) is 12.2. The van der Waals surface area contributed by atoms with E-state index in [4.69, 9.17) is 16.7 Å². The van der Waals surface area contributed by atoms with Gasteiger partial charge in [-0.2, -0.15) is 0 Å². The van der Waals surface area contributed by atoms with Crippen LogP contribution < -0.4 is 5.32 Å². The van der Waals surface area contributed by atoms with Crippen molar-refractivity contribution in [2.45, 2.75) is 13.8 Å². The summed E-state index contributed by atoms with van der Waals surface area (Å²) in [6.45, 7) is 3.39. The molecular weight excluding hydrogens is 292 g/mol. The Morgan fingerprint density at radius 1 is 1.19 bits per heavy atom. The number of carbonyl (C=O) groups is 2. The van der Waals surface area contributed by atoms with Crippen LogP contribution in [-0.4, -0.2) is 22.0 Å². The van der Waals surface area contributed by atoms with Crippen molar-refractivity contribution in [2.24, 2.45) is 0 Å². The Kier molecular flexibility index (Phi) is 4.23. The molecule has 0 aliphatic rings. The van der Waals surface area contributed by atoms with Gasteiger partial charge in [0.2, 0.25) is 0 Å². The molecule has 0 fully saturated rings. The summed E-state index contributed by atoms with van der Waals surface area (Å²) in [5.41, 5.74) is 1.97. The number of aryl methyl sites for hydroxylation is 2. The van der Waals surface area contributed by atoms with Gasteiger partial charge in [0.25, 0.3) is 5.91 Å². The number of pyridine rings is 1. The Morgan fingerprint density at radius 3 is 2.52 bits per heavy atom. The summed E-state index contributed by atoms with van der Waals surface area (Å²) in [7, 11) is 0. The Bertz CT molecular complexity index is 729. The number of nitrogens with one attached hydrogen (secondary N) is 1. The molecule has 6 heteroatoms. The van der Waals surface area contributed by atoms with Crippen LogP contribution in [0.3, 0.4) is 0 Å². The number of aromatic nitrogens is 1. The molecule has 0 radical (unpaired) electrons. The molecule has 2 N–H and O–H groups in total. The minimum Gasteiger partial charge on any atom is -0.478 e. The molecule has 5 nitrogen and oxygen atoms in total. The predicted molar refractivity (Wildman–Crippen MR) is 80.1 cm³/mol. The van der Waals surface area contributed by atoms with Crippen LogP contribution >= 0.6 is 11.6 Å². The molecule has 1 heterocycles. The highest BCUT2D eigenvalue weighted by Gasteiger charge is 2.14. The average molecular weight is 305 g/mol. The second-order valence-electron chi connectivity index (χ2n) is 4.55. The van der Waals surface area contributed by atoms with Crippen molar-refractivity contribution in [2.75, 3.05) is 5.32 Å². The van der Waals surface area contributed by atoms with Gasteiger partial charge in [0.1, 0.15) is 5.69 Å². The maximum absolute atomic E-state index is 12.1. The maximum Gasteiger partial charge on any atom is 0.337 e. The molecular formula is C15H13ClN2O3. The molecule has 0 unspecified atom stereocenters. The molecule has 0 saturated carbocycles. The average Bonchev–Trinajstić information content (AvgIpc) is 2.42. The van der Waals surface area contributed by atoms with Crippen molar-refractivity contribution in [1.82, 2.24) is 4.98 Å². The van der Waals surface area contributed by atoms with Crippen LogP contribution in [0.4, 0.5) is 5.69 Å². The number of hydrogen-bond donors (Lipinski definition) is 2. The van der Waals surface area contributed by atoms with Crippen LogP contribution in [0.1, 0.15) is 32.1 Å². The summed E-state index contributed by atoms with van der Waals surface area (Å²) < 4.78 is 0. The lowest BCUT2D eigenvalue weighted by atomic mass is 10.1. The first-order valence-electron chi connectivity index (χ1n) is 6.17. The molecule has 0 aliphatic heterocycles. The molecule has 0 saturated heterocycles. The van der Waals surface area contributed by atoms with Gasteiger partial charge in [-0.1, -0.05) is 17.7 Å². The van der Waals surface area contributed by atoms with Crippen molar-refractivity contribution >= 4 is 29.2 Å². The fourth-order valence-corrected chi connectivity index (χ4v) is 2.00. The summed E-state index contributed by atoms with van der Waals surface area (Å²) in [6, 6.07) is 7.92. The highest BCUT2D eigenvalue weighted by Crippen LogP contribution is 2.20. The van der Waals surface area contributed by atoms with Crippen LogP contribution in [0.5, 0.6) is 0 Å². The lowest BCUT2D eigenvalue weighted by molar-refractivity contribution is 0.0695. The highest BCUT2D eigenvalue weighted by molar-refractivity contribution is 6.31. The van der Waals surface area contributed by atoms with Gasteiger partial charge in [0.15, 0.2) is 0 Å². The quantitative estimate of drug-likeness (QED) is 0.912. The standard InChI is InChI=1S/C15H13ClN2O3/c1-8-3-4-10(16)7-13(8)18-14(19)12-6-5-11(15(20)21)9(2)17-12/h3-7H,1-2H3,(H,18,19)(H,20,21). The second kappa shape index (κ2) is 5.93. The molecule has 0 atom stereocenters. The van der Waals surface area contributed by atoms with Crippen LogP contribution in [0.2, 0.25) is 5.02 Å². The van der Waals surface area contributed by atoms with E-state index in [1.807, 2.05) is 6.92 Å². The summed E-state index contributed by atoms with van der Waals surface area (Å²) >= 11 is 5.89. The van der Waals surface area contributed by atoms with E-state index in [0.29, 0.717) is 10.7 Å². The lowest BCUT2D eigenvalue weighted by Crippen LogP contribution is -2.16. The van der Waals surface area contributed by atoms with Crippen molar-refractivity contribution in [3.8, 4) is 0 Å². The molecule has 108 valence electrons. The largest absolute Gasteiger partial charge is 0.478 e. The third-order valence-electron chi connectivity index (χ3n) is 3.00.